The highest BCUT2D eigenvalue weighted by atomic mass is 79.9. The summed E-state index contributed by atoms with van der Waals surface area (Å²) >= 11 is 9.66. The lowest BCUT2D eigenvalue weighted by Crippen LogP contribution is -2.52. The first kappa shape index (κ1) is 13.3. The highest BCUT2D eigenvalue weighted by molar-refractivity contribution is 9.10. The molecule has 1 aromatic carbocycles. The Kier molecular flexibility index (Phi) is 3.83. The molecule has 17 heavy (non-hydrogen) atoms. The van der Waals surface area contributed by atoms with Crippen molar-refractivity contribution in [1.82, 2.24) is 5.32 Å². The second-order valence-corrected chi connectivity index (χ2v) is 6.23. The summed E-state index contributed by atoms with van der Waals surface area (Å²) in [6, 6.07) is 5.70. The molecule has 1 saturated heterocycles. The maximum Gasteiger partial charge on any atom is 0.0985 e. The molecular weight excluding hydrogens is 302 g/mol. The van der Waals surface area contributed by atoms with Gasteiger partial charge in [-0.15, -0.1) is 0 Å². The van der Waals surface area contributed by atoms with Crippen molar-refractivity contribution >= 4 is 27.5 Å². The zero-order valence-corrected chi connectivity index (χ0v) is 12.3. The molecule has 0 aromatic heterocycles. The zero-order chi connectivity index (χ0) is 12.6. The van der Waals surface area contributed by atoms with Gasteiger partial charge < -0.3 is 10.4 Å². The SMILES string of the molecule is C[C@@H]1CNC[C@H](C)C1(O)c1ccc(Br)cc1Cl. The average Bonchev–Trinajstić information content (AvgIpc) is 2.26. The van der Waals surface area contributed by atoms with E-state index in [0.29, 0.717) is 5.02 Å². The number of piperidine rings is 1. The topological polar surface area (TPSA) is 32.3 Å². The van der Waals surface area contributed by atoms with Crippen molar-refractivity contribution in [2.45, 2.75) is 19.4 Å². The third kappa shape index (κ3) is 2.26. The molecule has 1 unspecified atom stereocenters. The predicted molar refractivity (Wildman–Crippen MR) is 74.2 cm³/mol. The number of aliphatic hydroxyl groups is 1. The lowest BCUT2D eigenvalue weighted by molar-refractivity contribution is -0.0806. The van der Waals surface area contributed by atoms with Crippen LogP contribution in [0.15, 0.2) is 22.7 Å². The molecule has 2 rings (SSSR count). The van der Waals surface area contributed by atoms with E-state index in [1.54, 1.807) is 0 Å². The summed E-state index contributed by atoms with van der Waals surface area (Å²) in [5, 5.41) is 15.0. The van der Waals surface area contributed by atoms with Crippen LogP contribution in [0.3, 0.4) is 0 Å². The highest BCUT2D eigenvalue weighted by Gasteiger charge is 2.44. The number of rotatable bonds is 1. The van der Waals surface area contributed by atoms with E-state index in [0.717, 1.165) is 23.1 Å². The molecule has 1 aromatic rings. The van der Waals surface area contributed by atoms with Gasteiger partial charge >= 0.3 is 0 Å². The van der Waals surface area contributed by atoms with E-state index in [1.165, 1.54) is 0 Å². The number of halogens is 2. The molecular formula is C13H17BrClNO. The molecule has 1 heterocycles. The number of nitrogens with one attached hydrogen (secondary N) is 1. The third-order valence-corrected chi connectivity index (χ3v) is 4.57. The summed E-state index contributed by atoms with van der Waals surface area (Å²) in [6.07, 6.45) is 0. The first-order valence-electron chi connectivity index (χ1n) is 5.85. The van der Waals surface area contributed by atoms with Crippen LogP contribution < -0.4 is 5.32 Å². The molecule has 0 amide bonds. The molecule has 0 aliphatic carbocycles. The van der Waals surface area contributed by atoms with Gasteiger partial charge in [0.15, 0.2) is 0 Å². The molecule has 1 aliphatic heterocycles. The molecule has 0 radical (unpaired) electrons. The molecule has 0 bridgehead atoms. The van der Waals surface area contributed by atoms with Crippen molar-refractivity contribution < 1.29 is 5.11 Å². The Hall–Kier alpha value is -0.0900. The molecule has 0 spiro atoms. The lowest BCUT2D eigenvalue weighted by Gasteiger charge is -2.44. The minimum Gasteiger partial charge on any atom is -0.384 e. The van der Waals surface area contributed by atoms with E-state index in [-0.39, 0.29) is 11.8 Å². The van der Waals surface area contributed by atoms with E-state index in [1.807, 2.05) is 18.2 Å². The van der Waals surface area contributed by atoms with E-state index in [9.17, 15) is 5.11 Å². The normalized spacial score (nSPS) is 33.7. The predicted octanol–water partition coefficient (Wildman–Crippen LogP) is 3.17. The molecule has 2 nitrogen and oxygen atoms in total. The Balaban J connectivity index is 2.48. The van der Waals surface area contributed by atoms with Gasteiger partial charge in [0.1, 0.15) is 0 Å². The smallest absolute Gasteiger partial charge is 0.0985 e. The van der Waals surface area contributed by atoms with Gasteiger partial charge in [-0.05, 0) is 12.1 Å². The minimum absolute atomic E-state index is 0.143. The summed E-state index contributed by atoms with van der Waals surface area (Å²) in [5.41, 5.74) is -0.00730. The molecule has 0 saturated carbocycles. The fourth-order valence-corrected chi connectivity index (χ4v) is 3.48. The van der Waals surface area contributed by atoms with Crippen LogP contribution in [-0.4, -0.2) is 18.2 Å². The summed E-state index contributed by atoms with van der Waals surface area (Å²) in [5.74, 6) is 0.287. The van der Waals surface area contributed by atoms with Crippen molar-refractivity contribution in [1.29, 1.82) is 0 Å². The molecule has 94 valence electrons. The average molecular weight is 319 g/mol. The molecule has 1 aliphatic rings. The van der Waals surface area contributed by atoms with E-state index < -0.39 is 5.60 Å². The molecule has 1 fully saturated rings. The number of hydrogen-bond acceptors (Lipinski definition) is 2. The fraction of sp³-hybridized carbons (Fsp3) is 0.538. The van der Waals surface area contributed by atoms with Crippen molar-refractivity contribution in [2.24, 2.45) is 11.8 Å². The van der Waals surface area contributed by atoms with Crippen LogP contribution in [0, 0.1) is 11.8 Å². The Morgan fingerprint density at radius 1 is 1.35 bits per heavy atom. The maximum atomic E-state index is 11.0. The summed E-state index contributed by atoms with van der Waals surface area (Å²) in [7, 11) is 0. The van der Waals surface area contributed by atoms with Crippen LogP contribution in [-0.2, 0) is 5.60 Å². The van der Waals surface area contributed by atoms with Crippen molar-refractivity contribution in [2.75, 3.05) is 13.1 Å². The van der Waals surface area contributed by atoms with Crippen LogP contribution in [0.4, 0.5) is 0 Å². The third-order valence-electron chi connectivity index (χ3n) is 3.77. The largest absolute Gasteiger partial charge is 0.384 e. The van der Waals surface area contributed by atoms with E-state index in [2.05, 4.69) is 35.1 Å². The van der Waals surface area contributed by atoms with Crippen molar-refractivity contribution in [3.05, 3.63) is 33.3 Å². The molecule has 2 N–H and O–H groups in total. The van der Waals surface area contributed by atoms with Crippen LogP contribution in [0.1, 0.15) is 19.4 Å². The van der Waals surface area contributed by atoms with Crippen molar-refractivity contribution in [3.8, 4) is 0 Å². The maximum absolute atomic E-state index is 11.0. The van der Waals surface area contributed by atoms with Crippen molar-refractivity contribution in [3.63, 3.8) is 0 Å². The lowest BCUT2D eigenvalue weighted by atomic mass is 9.71. The summed E-state index contributed by atoms with van der Waals surface area (Å²) < 4.78 is 0.934. The van der Waals surface area contributed by atoms with Crippen LogP contribution in [0.25, 0.3) is 0 Å². The second kappa shape index (κ2) is 4.88. The molecule has 3 atom stereocenters. The monoisotopic (exact) mass is 317 g/mol. The van der Waals surface area contributed by atoms with Gasteiger partial charge in [-0.2, -0.15) is 0 Å². The van der Waals surface area contributed by atoms with Crippen LogP contribution in [0.5, 0.6) is 0 Å². The van der Waals surface area contributed by atoms with Gasteiger partial charge in [-0.1, -0.05) is 47.4 Å². The van der Waals surface area contributed by atoms with Crippen LogP contribution >= 0.6 is 27.5 Å². The summed E-state index contributed by atoms with van der Waals surface area (Å²) in [4.78, 5) is 0. The Labute approximate surface area is 115 Å². The molecule has 4 heteroatoms. The zero-order valence-electron chi connectivity index (χ0n) is 10.0. The van der Waals surface area contributed by atoms with E-state index in [4.69, 9.17) is 11.6 Å². The van der Waals surface area contributed by atoms with Gasteiger partial charge in [0.25, 0.3) is 0 Å². The second-order valence-electron chi connectivity index (χ2n) is 4.91. The van der Waals surface area contributed by atoms with Gasteiger partial charge in [0.2, 0.25) is 0 Å². The van der Waals surface area contributed by atoms with Gasteiger partial charge in [0, 0.05) is 40.0 Å². The Morgan fingerprint density at radius 3 is 2.47 bits per heavy atom. The first-order chi connectivity index (χ1) is 7.96. The number of hydrogen-bond donors (Lipinski definition) is 2. The van der Waals surface area contributed by atoms with Gasteiger partial charge in [-0.3, -0.25) is 0 Å². The quantitative estimate of drug-likeness (QED) is 0.833. The number of benzene rings is 1. The standard InChI is InChI=1S/C13H17BrClNO/c1-8-6-16-7-9(2)13(8,17)11-4-3-10(14)5-12(11)15/h3-5,8-9,16-17H,6-7H2,1-2H3/t8-,9+,13?. The van der Waals surface area contributed by atoms with Crippen LogP contribution in [0.2, 0.25) is 5.02 Å². The Bertz CT molecular complexity index is 414. The van der Waals surface area contributed by atoms with E-state index >= 15 is 0 Å². The summed E-state index contributed by atoms with van der Waals surface area (Å²) in [6.45, 7) is 5.74. The highest BCUT2D eigenvalue weighted by Crippen LogP contribution is 2.42. The Morgan fingerprint density at radius 2 is 1.94 bits per heavy atom. The minimum atomic E-state index is -0.844. The first-order valence-corrected chi connectivity index (χ1v) is 7.02. The van der Waals surface area contributed by atoms with Gasteiger partial charge in [0.05, 0.1) is 5.60 Å². The fourth-order valence-electron chi connectivity index (χ4n) is 2.66. The van der Waals surface area contributed by atoms with Gasteiger partial charge in [-0.25, -0.2) is 0 Å².